The SMILES string of the molecule is FC12C[C@H]3C[C@@H](C1)CC(CCl)(C3)C2. The summed E-state index contributed by atoms with van der Waals surface area (Å²) in [5.41, 5.74) is -0.626. The minimum absolute atomic E-state index is 0.195. The summed E-state index contributed by atoms with van der Waals surface area (Å²) in [5.74, 6) is 2.00. The van der Waals surface area contributed by atoms with Crippen molar-refractivity contribution in [1.82, 2.24) is 0 Å². The zero-order valence-electron chi connectivity index (χ0n) is 7.86. The van der Waals surface area contributed by atoms with Gasteiger partial charge >= 0.3 is 0 Å². The van der Waals surface area contributed by atoms with Gasteiger partial charge in [0.25, 0.3) is 0 Å². The first-order valence-electron chi connectivity index (χ1n) is 5.38. The van der Waals surface area contributed by atoms with Gasteiger partial charge in [-0.05, 0) is 55.8 Å². The van der Waals surface area contributed by atoms with Crippen LogP contribution in [0.25, 0.3) is 0 Å². The molecule has 0 saturated heterocycles. The fourth-order valence-electron chi connectivity index (χ4n) is 4.49. The van der Waals surface area contributed by atoms with Crippen LogP contribution in [0.15, 0.2) is 0 Å². The Balaban J connectivity index is 1.95. The van der Waals surface area contributed by atoms with Crippen LogP contribution in [0.5, 0.6) is 0 Å². The van der Waals surface area contributed by atoms with Gasteiger partial charge < -0.3 is 0 Å². The molecule has 0 heterocycles. The molecule has 0 aromatic heterocycles. The molecular weight excluding hydrogens is 187 g/mol. The molecule has 4 aliphatic rings. The van der Waals surface area contributed by atoms with E-state index in [4.69, 9.17) is 11.6 Å². The molecule has 0 aromatic rings. The van der Waals surface area contributed by atoms with Gasteiger partial charge in [-0.1, -0.05) is 0 Å². The minimum Gasteiger partial charge on any atom is -0.244 e. The lowest BCUT2D eigenvalue weighted by Crippen LogP contribution is -2.54. The van der Waals surface area contributed by atoms with E-state index >= 15 is 0 Å². The van der Waals surface area contributed by atoms with Crippen LogP contribution in [0.3, 0.4) is 0 Å². The molecule has 4 fully saturated rings. The molecule has 4 rings (SSSR count). The summed E-state index contributed by atoms with van der Waals surface area (Å²) in [4.78, 5) is 0. The van der Waals surface area contributed by atoms with Gasteiger partial charge in [0.2, 0.25) is 0 Å². The van der Waals surface area contributed by atoms with Gasteiger partial charge in [0.1, 0.15) is 5.67 Å². The molecule has 0 nitrogen and oxygen atoms in total. The van der Waals surface area contributed by atoms with E-state index in [1.54, 1.807) is 0 Å². The van der Waals surface area contributed by atoms with Crippen LogP contribution < -0.4 is 0 Å². The second kappa shape index (κ2) is 2.42. The third kappa shape index (κ3) is 1.16. The predicted octanol–water partition coefficient (Wildman–Crippen LogP) is 3.53. The van der Waals surface area contributed by atoms with E-state index in [1.807, 2.05) is 0 Å². The largest absolute Gasteiger partial charge is 0.244 e. The lowest BCUT2D eigenvalue weighted by Gasteiger charge is -2.58. The lowest BCUT2D eigenvalue weighted by atomic mass is 9.49. The Hall–Kier alpha value is 0.220. The highest BCUT2D eigenvalue weighted by Crippen LogP contribution is 2.63. The van der Waals surface area contributed by atoms with Crippen LogP contribution in [0, 0.1) is 17.3 Å². The Morgan fingerprint density at radius 2 is 1.77 bits per heavy atom. The smallest absolute Gasteiger partial charge is 0.112 e. The van der Waals surface area contributed by atoms with Crippen LogP contribution in [0.1, 0.15) is 38.5 Å². The van der Waals surface area contributed by atoms with Crippen molar-refractivity contribution in [2.24, 2.45) is 17.3 Å². The maximum atomic E-state index is 14.3. The number of rotatable bonds is 1. The Morgan fingerprint density at radius 1 is 1.15 bits per heavy atom. The van der Waals surface area contributed by atoms with Crippen molar-refractivity contribution < 1.29 is 4.39 Å². The van der Waals surface area contributed by atoms with Crippen LogP contribution in [0.2, 0.25) is 0 Å². The normalized spacial score (nSPS) is 58.6. The van der Waals surface area contributed by atoms with Gasteiger partial charge in [-0.3, -0.25) is 0 Å². The molecule has 4 bridgehead atoms. The van der Waals surface area contributed by atoms with Crippen LogP contribution in [-0.2, 0) is 0 Å². The Labute approximate surface area is 83.8 Å². The van der Waals surface area contributed by atoms with Gasteiger partial charge in [-0.15, -0.1) is 11.6 Å². The molecule has 2 heteroatoms. The molecule has 0 radical (unpaired) electrons. The molecular formula is C11H16ClF. The zero-order valence-corrected chi connectivity index (χ0v) is 8.62. The number of halogens is 2. The van der Waals surface area contributed by atoms with Crippen molar-refractivity contribution in [2.45, 2.75) is 44.2 Å². The summed E-state index contributed by atoms with van der Waals surface area (Å²) < 4.78 is 14.3. The van der Waals surface area contributed by atoms with E-state index in [2.05, 4.69) is 0 Å². The Kier molecular flexibility index (Phi) is 1.59. The van der Waals surface area contributed by atoms with E-state index in [0.717, 1.165) is 19.3 Å². The summed E-state index contributed by atoms with van der Waals surface area (Å²) in [5, 5.41) is 0. The average Bonchev–Trinajstić information content (AvgIpc) is 1.99. The maximum Gasteiger partial charge on any atom is 0.112 e. The molecule has 2 unspecified atom stereocenters. The van der Waals surface area contributed by atoms with Crippen LogP contribution >= 0.6 is 11.6 Å². The summed E-state index contributed by atoms with van der Waals surface area (Å²) in [6.07, 6.45) is 6.13. The van der Waals surface area contributed by atoms with Crippen molar-refractivity contribution in [2.75, 3.05) is 5.88 Å². The van der Waals surface area contributed by atoms with Gasteiger partial charge in [0.05, 0.1) is 0 Å². The Bertz CT molecular complexity index is 224. The quantitative estimate of drug-likeness (QED) is 0.571. The molecule has 0 aliphatic heterocycles. The first-order valence-corrected chi connectivity index (χ1v) is 5.92. The van der Waals surface area contributed by atoms with E-state index in [9.17, 15) is 4.39 Å². The first kappa shape index (κ1) is 8.52. The highest BCUT2D eigenvalue weighted by molar-refractivity contribution is 6.18. The third-order valence-corrected chi connectivity index (χ3v) is 4.96. The maximum absolute atomic E-state index is 14.3. The highest BCUT2D eigenvalue weighted by atomic mass is 35.5. The van der Waals surface area contributed by atoms with Crippen LogP contribution in [0.4, 0.5) is 4.39 Å². The number of hydrogen-bond donors (Lipinski definition) is 0. The van der Waals surface area contributed by atoms with Crippen molar-refractivity contribution in [3.8, 4) is 0 Å². The Morgan fingerprint density at radius 3 is 2.23 bits per heavy atom. The molecule has 4 saturated carbocycles. The number of alkyl halides is 2. The average molecular weight is 203 g/mol. The van der Waals surface area contributed by atoms with E-state index in [0.29, 0.717) is 17.7 Å². The number of hydrogen-bond acceptors (Lipinski definition) is 0. The second-order valence-corrected chi connectivity index (χ2v) is 6.01. The van der Waals surface area contributed by atoms with Gasteiger partial charge in [0, 0.05) is 5.88 Å². The van der Waals surface area contributed by atoms with E-state index in [1.165, 1.54) is 19.3 Å². The highest BCUT2D eigenvalue weighted by Gasteiger charge is 2.57. The molecule has 0 N–H and O–H groups in total. The molecule has 74 valence electrons. The molecule has 0 spiro atoms. The predicted molar refractivity (Wildman–Crippen MR) is 51.7 cm³/mol. The molecule has 0 aromatic carbocycles. The van der Waals surface area contributed by atoms with Crippen molar-refractivity contribution in [3.05, 3.63) is 0 Å². The summed E-state index contributed by atoms with van der Waals surface area (Å²) >= 11 is 6.02. The topological polar surface area (TPSA) is 0 Å². The summed E-state index contributed by atoms with van der Waals surface area (Å²) in [6.45, 7) is 0. The van der Waals surface area contributed by atoms with Crippen LogP contribution in [-0.4, -0.2) is 11.5 Å². The van der Waals surface area contributed by atoms with Crippen molar-refractivity contribution >= 4 is 11.6 Å². The van der Waals surface area contributed by atoms with Gasteiger partial charge in [-0.2, -0.15) is 0 Å². The summed E-state index contributed by atoms with van der Waals surface area (Å²) in [7, 11) is 0. The lowest BCUT2D eigenvalue weighted by molar-refractivity contribution is -0.113. The molecule has 13 heavy (non-hydrogen) atoms. The fourth-order valence-corrected chi connectivity index (χ4v) is 4.81. The van der Waals surface area contributed by atoms with Crippen molar-refractivity contribution in [1.29, 1.82) is 0 Å². The van der Waals surface area contributed by atoms with E-state index < -0.39 is 5.67 Å². The molecule has 4 atom stereocenters. The summed E-state index contributed by atoms with van der Waals surface area (Å²) in [6, 6.07) is 0. The third-order valence-electron chi connectivity index (χ3n) is 4.39. The fraction of sp³-hybridized carbons (Fsp3) is 1.00. The minimum atomic E-state index is -0.820. The standard InChI is InChI=1S/C11H16ClF/c12-7-10-2-8-1-9(3-10)5-11(13,4-8)6-10/h8-9H,1-7H2/t8-,9+,10?,11?. The van der Waals surface area contributed by atoms with Gasteiger partial charge in [-0.25, -0.2) is 4.39 Å². The molecule has 0 amide bonds. The monoisotopic (exact) mass is 202 g/mol. The van der Waals surface area contributed by atoms with Crippen molar-refractivity contribution in [3.63, 3.8) is 0 Å². The molecule has 4 aliphatic carbocycles. The first-order chi connectivity index (χ1) is 6.13. The van der Waals surface area contributed by atoms with Gasteiger partial charge in [0.15, 0.2) is 0 Å². The zero-order chi connectivity index (χ0) is 9.10. The van der Waals surface area contributed by atoms with E-state index in [-0.39, 0.29) is 5.41 Å². The second-order valence-electron chi connectivity index (χ2n) is 5.75.